The van der Waals surface area contributed by atoms with Crippen LogP contribution in [0.2, 0.25) is 5.02 Å². The van der Waals surface area contributed by atoms with Gasteiger partial charge in [-0.3, -0.25) is 5.32 Å². The summed E-state index contributed by atoms with van der Waals surface area (Å²) in [6, 6.07) is 7.49. The van der Waals surface area contributed by atoms with Gasteiger partial charge in [-0.2, -0.15) is 0 Å². The van der Waals surface area contributed by atoms with Gasteiger partial charge in [-0.1, -0.05) is 29.8 Å². The Kier molecular flexibility index (Phi) is 5.15. The van der Waals surface area contributed by atoms with E-state index >= 15 is 0 Å². The van der Waals surface area contributed by atoms with Crippen LogP contribution < -0.4 is 5.32 Å². The Balaban J connectivity index is 1.61. The molecule has 0 saturated carbocycles. The van der Waals surface area contributed by atoms with E-state index in [4.69, 9.17) is 11.6 Å². The molecule has 1 aliphatic rings. The van der Waals surface area contributed by atoms with Gasteiger partial charge in [0.05, 0.1) is 6.10 Å². The summed E-state index contributed by atoms with van der Waals surface area (Å²) in [5.74, 6) is 0. The quantitative estimate of drug-likeness (QED) is 0.891. The maximum Gasteiger partial charge on any atom is 0.323 e. The maximum atomic E-state index is 12.2. The van der Waals surface area contributed by atoms with Gasteiger partial charge in [-0.05, 0) is 24.5 Å². The number of urea groups is 1. The fourth-order valence-corrected chi connectivity index (χ4v) is 3.61. The number of benzene rings is 1. The van der Waals surface area contributed by atoms with Crippen molar-refractivity contribution in [2.75, 3.05) is 18.4 Å². The number of hydrogen-bond acceptors (Lipinski definition) is 4. The number of halogens is 1. The van der Waals surface area contributed by atoms with E-state index in [0.29, 0.717) is 24.6 Å². The van der Waals surface area contributed by atoms with E-state index in [1.54, 1.807) is 11.1 Å². The third kappa shape index (κ3) is 4.22. The largest absolute Gasteiger partial charge is 0.391 e. The molecule has 1 aromatic heterocycles. The number of aliphatic hydroxyl groups excluding tert-OH is 1. The Labute approximate surface area is 143 Å². The third-order valence-corrected chi connectivity index (χ3v) is 5.06. The minimum atomic E-state index is -0.429. The monoisotopic (exact) mass is 351 g/mol. The number of β-amino-alcohol motifs (C(OH)–C–C–N with tert-alkyl or cyclic N) is 1. The molecule has 2 aromatic rings. The highest BCUT2D eigenvalue weighted by molar-refractivity contribution is 7.15. The molecule has 1 atom stereocenters. The number of aliphatic hydroxyl groups is 1. The van der Waals surface area contributed by atoms with Crippen molar-refractivity contribution >= 4 is 34.1 Å². The molecule has 23 heavy (non-hydrogen) atoms. The minimum absolute atomic E-state index is 0.206. The summed E-state index contributed by atoms with van der Waals surface area (Å²) in [4.78, 5) is 19.1. The molecule has 5 nitrogen and oxygen atoms in total. The molecule has 7 heteroatoms. The van der Waals surface area contributed by atoms with Crippen molar-refractivity contribution in [1.29, 1.82) is 0 Å². The van der Waals surface area contributed by atoms with Crippen molar-refractivity contribution in [1.82, 2.24) is 9.88 Å². The first-order chi connectivity index (χ1) is 11.1. The zero-order chi connectivity index (χ0) is 16.2. The highest BCUT2D eigenvalue weighted by Gasteiger charge is 2.22. The first-order valence-electron chi connectivity index (χ1n) is 7.54. The molecule has 0 radical (unpaired) electrons. The standard InChI is InChI=1S/C16H18ClN3O2S/c17-14-6-2-1-4-11(14)8-13-9-18-15(23-13)19-16(22)20-7-3-5-12(21)10-20/h1-2,4,6,9,12,21H,3,5,7-8,10H2,(H,18,19,22). The van der Waals surface area contributed by atoms with Crippen molar-refractivity contribution in [3.05, 3.63) is 45.9 Å². The molecule has 0 spiro atoms. The Morgan fingerprint density at radius 2 is 2.30 bits per heavy atom. The van der Waals surface area contributed by atoms with Crippen LogP contribution in [-0.4, -0.2) is 40.2 Å². The summed E-state index contributed by atoms with van der Waals surface area (Å²) in [7, 11) is 0. The molecule has 1 saturated heterocycles. The fourth-order valence-electron chi connectivity index (χ4n) is 2.59. The van der Waals surface area contributed by atoms with Gasteiger partial charge >= 0.3 is 6.03 Å². The number of carbonyl (C=O) groups excluding carboxylic acids is 1. The molecule has 122 valence electrons. The van der Waals surface area contributed by atoms with Crippen LogP contribution in [0.15, 0.2) is 30.5 Å². The maximum absolute atomic E-state index is 12.2. The number of likely N-dealkylation sites (tertiary alicyclic amines) is 1. The van der Waals surface area contributed by atoms with Crippen LogP contribution in [0, 0.1) is 0 Å². The summed E-state index contributed by atoms with van der Waals surface area (Å²) in [5.41, 5.74) is 1.04. The van der Waals surface area contributed by atoms with E-state index in [9.17, 15) is 9.90 Å². The number of amides is 2. The van der Waals surface area contributed by atoms with E-state index in [-0.39, 0.29) is 6.03 Å². The smallest absolute Gasteiger partial charge is 0.323 e. The lowest BCUT2D eigenvalue weighted by Gasteiger charge is -2.29. The second-order valence-electron chi connectivity index (χ2n) is 5.57. The molecular weight excluding hydrogens is 334 g/mol. The van der Waals surface area contributed by atoms with Crippen molar-refractivity contribution in [3.63, 3.8) is 0 Å². The number of hydrogen-bond donors (Lipinski definition) is 2. The van der Waals surface area contributed by atoms with Gasteiger partial charge in [0.25, 0.3) is 0 Å². The number of aromatic nitrogens is 1. The van der Waals surface area contributed by atoms with Gasteiger partial charge in [0, 0.05) is 35.6 Å². The number of piperidine rings is 1. The van der Waals surface area contributed by atoms with Crippen molar-refractivity contribution in [3.8, 4) is 0 Å². The molecule has 1 fully saturated rings. The number of carbonyl (C=O) groups is 1. The molecule has 3 rings (SSSR count). The van der Waals surface area contributed by atoms with Crippen molar-refractivity contribution < 1.29 is 9.90 Å². The molecule has 2 amide bonds. The van der Waals surface area contributed by atoms with Crippen LogP contribution in [0.1, 0.15) is 23.3 Å². The van der Waals surface area contributed by atoms with Crippen LogP contribution in [0.4, 0.5) is 9.93 Å². The predicted molar refractivity (Wildman–Crippen MR) is 92.2 cm³/mol. The zero-order valence-electron chi connectivity index (χ0n) is 12.5. The molecule has 2 heterocycles. The van der Waals surface area contributed by atoms with E-state index in [1.807, 2.05) is 24.3 Å². The van der Waals surface area contributed by atoms with Gasteiger partial charge in [0.2, 0.25) is 0 Å². The Morgan fingerprint density at radius 1 is 1.48 bits per heavy atom. The fraction of sp³-hybridized carbons (Fsp3) is 0.375. The topological polar surface area (TPSA) is 65.5 Å². The number of anilines is 1. The SMILES string of the molecule is O=C(Nc1ncc(Cc2ccccc2Cl)s1)N1CCCC(O)C1. The van der Waals surface area contributed by atoms with Crippen LogP contribution in [-0.2, 0) is 6.42 Å². The Morgan fingerprint density at radius 3 is 3.09 bits per heavy atom. The summed E-state index contributed by atoms with van der Waals surface area (Å²) >= 11 is 7.60. The van der Waals surface area contributed by atoms with Gasteiger partial charge in [-0.15, -0.1) is 11.3 Å². The molecule has 2 N–H and O–H groups in total. The molecule has 0 bridgehead atoms. The van der Waals surface area contributed by atoms with Crippen molar-refractivity contribution in [2.45, 2.75) is 25.4 Å². The van der Waals surface area contributed by atoms with Crippen LogP contribution in [0.25, 0.3) is 0 Å². The van der Waals surface area contributed by atoms with E-state index in [2.05, 4.69) is 10.3 Å². The Bertz CT molecular complexity index is 691. The van der Waals surface area contributed by atoms with E-state index in [0.717, 1.165) is 28.3 Å². The van der Waals surface area contributed by atoms with Gasteiger partial charge in [0.1, 0.15) is 0 Å². The van der Waals surface area contributed by atoms with Gasteiger partial charge < -0.3 is 10.0 Å². The summed E-state index contributed by atoms with van der Waals surface area (Å²) in [6.07, 6.45) is 3.60. The summed E-state index contributed by atoms with van der Waals surface area (Å²) in [5, 5.41) is 13.7. The number of rotatable bonds is 3. The lowest BCUT2D eigenvalue weighted by Crippen LogP contribution is -2.44. The number of nitrogens with one attached hydrogen (secondary N) is 1. The number of nitrogens with zero attached hydrogens (tertiary/aromatic N) is 2. The number of thiazole rings is 1. The van der Waals surface area contributed by atoms with E-state index < -0.39 is 6.10 Å². The second kappa shape index (κ2) is 7.29. The minimum Gasteiger partial charge on any atom is -0.391 e. The molecule has 1 aliphatic heterocycles. The molecule has 1 unspecified atom stereocenters. The predicted octanol–water partition coefficient (Wildman–Crippen LogP) is 3.38. The zero-order valence-corrected chi connectivity index (χ0v) is 14.1. The average Bonchev–Trinajstić information content (AvgIpc) is 2.97. The summed E-state index contributed by atoms with van der Waals surface area (Å²) < 4.78 is 0. The molecular formula is C16H18ClN3O2S. The van der Waals surface area contributed by atoms with Gasteiger partial charge in [-0.25, -0.2) is 9.78 Å². The normalized spacial score (nSPS) is 18.0. The first-order valence-corrected chi connectivity index (χ1v) is 8.73. The van der Waals surface area contributed by atoms with E-state index in [1.165, 1.54) is 11.3 Å². The first kappa shape index (κ1) is 16.2. The molecule has 0 aliphatic carbocycles. The Hall–Kier alpha value is -1.63. The second-order valence-corrected chi connectivity index (χ2v) is 7.09. The summed E-state index contributed by atoms with van der Waals surface area (Å²) in [6.45, 7) is 1.05. The van der Waals surface area contributed by atoms with Crippen LogP contribution >= 0.6 is 22.9 Å². The third-order valence-electron chi connectivity index (χ3n) is 3.77. The lowest BCUT2D eigenvalue weighted by atomic mass is 10.1. The average molecular weight is 352 g/mol. The highest BCUT2D eigenvalue weighted by Crippen LogP contribution is 2.25. The lowest BCUT2D eigenvalue weighted by molar-refractivity contribution is 0.0883. The van der Waals surface area contributed by atoms with Crippen LogP contribution in [0.3, 0.4) is 0 Å². The van der Waals surface area contributed by atoms with Crippen LogP contribution in [0.5, 0.6) is 0 Å². The molecule has 1 aromatic carbocycles. The van der Waals surface area contributed by atoms with Gasteiger partial charge in [0.15, 0.2) is 5.13 Å². The highest BCUT2D eigenvalue weighted by atomic mass is 35.5. The van der Waals surface area contributed by atoms with Crippen molar-refractivity contribution in [2.24, 2.45) is 0 Å².